The van der Waals surface area contributed by atoms with Crippen LogP contribution in [0.2, 0.25) is 0 Å². The fourth-order valence-corrected chi connectivity index (χ4v) is 2.39. The fourth-order valence-electron chi connectivity index (χ4n) is 2.39. The third-order valence-corrected chi connectivity index (χ3v) is 3.98. The van der Waals surface area contributed by atoms with Crippen molar-refractivity contribution in [3.63, 3.8) is 0 Å². The van der Waals surface area contributed by atoms with Crippen LogP contribution in [0, 0.1) is 0 Å². The molecule has 1 unspecified atom stereocenters. The van der Waals surface area contributed by atoms with Gasteiger partial charge in [-0.3, -0.25) is 19.4 Å². The number of aromatic nitrogens is 1. The minimum atomic E-state index is -1.07. The number of carboxylic acids is 1. The molecule has 0 spiro atoms. The number of hydrogen-bond acceptors (Lipinski definition) is 4. The topological polar surface area (TPSA) is 99.6 Å². The zero-order chi connectivity index (χ0) is 19.1. The Bertz CT molecular complexity index is 792. The second-order valence-electron chi connectivity index (χ2n) is 5.86. The van der Waals surface area contributed by atoms with Gasteiger partial charge in [-0.2, -0.15) is 0 Å². The second-order valence-corrected chi connectivity index (χ2v) is 5.86. The number of pyridine rings is 1. The zero-order valence-corrected chi connectivity index (χ0v) is 14.7. The maximum absolute atomic E-state index is 12.7. The lowest BCUT2D eigenvalue weighted by Gasteiger charge is -2.27. The summed E-state index contributed by atoms with van der Waals surface area (Å²) in [7, 11) is 0. The third-order valence-electron chi connectivity index (χ3n) is 3.98. The number of carbonyl (C=O) groups excluding carboxylic acids is 2. The summed E-state index contributed by atoms with van der Waals surface area (Å²) >= 11 is 0. The smallest absolute Gasteiger partial charge is 0.323 e. The van der Waals surface area contributed by atoms with Crippen LogP contribution in [0.15, 0.2) is 48.8 Å². The zero-order valence-electron chi connectivity index (χ0n) is 14.7. The number of nitrogens with one attached hydrogen (secondary N) is 1. The molecule has 0 aliphatic heterocycles. The lowest BCUT2D eigenvalue weighted by molar-refractivity contribution is -0.138. The molecule has 1 heterocycles. The van der Waals surface area contributed by atoms with Gasteiger partial charge in [-0.1, -0.05) is 13.0 Å². The Morgan fingerprint density at radius 3 is 2.54 bits per heavy atom. The molecule has 1 atom stereocenters. The van der Waals surface area contributed by atoms with Crippen LogP contribution >= 0.6 is 0 Å². The number of hydrogen-bond donors (Lipinski definition) is 2. The Kier molecular flexibility index (Phi) is 6.43. The summed E-state index contributed by atoms with van der Waals surface area (Å²) in [6.07, 6.45) is 3.65. The third kappa shape index (κ3) is 4.89. The summed E-state index contributed by atoms with van der Waals surface area (Å²) in [5, 5.41) is 11.8. The predicted octanol–water partition coefficient (Wildman–Crippen LogP) is 2.66. The van der Waals surface area contributed by atoms with Gasteiger partial charge in [0.15, 0.2) is 0 Å². The highest BCUT2D eigenvalue weighted by Gasteiger charge is 2.23. The highest BCUT2D eigenvalue weighted by molar-refractivity contribution is 6.05. The monoisotopic (exact) mass is 355 g/mol. The van der Waals surface area contributed by atoms with Gasteiger partial charge in [0.05, 0.1) is 5.56 Å². The normalized spacial score (nSPS) is 11.5. The lowest BCUT2D eigenvalue weighted by atomic mass is 10.1. The molecule has 0 fully saturated rings. The van der Waals surface area contributed by atoms with Gasteiger partial charge in [0.2, 0.25) is 0 Å². The highest BCUT2D eigenvalue weighted by atomic mass is 16.4. The Balaban J connectivity index is 2.20. The van der Waals surface area contributed by atoms with Gasteiger partial charge in [-0.25, -0.2) is 0 Å². The molecule has 0 aliphatic rings. The number of amides is 2. The Hall–Kier alpha value is -3.22. The molecule has 136 valence electrons. The molecule has 0 bridgehead atoms. The van der Waals surface area contributed by atoms with Crippen molar-refractivity contribution in [2.24, 2.45) is 0 Å². The molecule has 7 heteroatoms. The van der Waals surface area contributed by atoms with E-state index in [2.05, 4.69) is 10.3 Å². The van der Waals surface area contributed by atoms with Crippen LogP contribution in [0.4, 0.5) is 5.69 Å². The largest absolute Gasteiger partial charge is 0.480 e. The molecule has 0 saturated heterocycles. The standard InChI is InChI=1S/C19H21N3O4/c1-3-13(2)22(12-17(23)24)19(26)14-6-4-8-16(10-14)21-18(25)15-7-5-9-20-11-15/h4-11,13H,3,12H2,1-2H3,(H,21,25)(H,23,24). The van der Waals surface area contributed by atoms with Crippen molar-refractivity contribution in [3.8, 4) is 0 Å². The van der Waals surface area contributed by atoms with Crippen LogP contribution in [-0.2, 0) is 4.79 Å². The summed E-state index contributed by atoms with van der Waals surface area (Å²) in [6.45, 7) is 3.31. The Morgan fingerprint density at radius 1 is 1.19 bits per heavy atom. The van der Waals surface area contributed by atoms with Crippen molar-refractivity contribution in [1.29, 1.82) is 0 Å². The number of nitrogens with zero attached hydrogens (tertiary/aromatic N) is 2. The van der Waals surface area contributed by atoms with Gasteiger partial charge in [0.25, 0.3) is 11.8 Å². The number of anilines is 1. The first-order valence-electron chi connectivity index (χ1n) is 8.26. The molecule has 2 N–H and O–H groups in total. The van der Waals surface area contributed by atoms with Crippen LogP contribution in [0.5, 0.6) is 0 Å². The molecule has 1 aromatic heterocycles. The van der Waals surface area contributed by atoms with Gasteiger partial charge in [0, 0.05) is 29.7 Å². The Morgan fingerprint density at radius 2 is 1.92 bits per heavy atom. The van der Waals surface area contributed by atoms with Gasteiger partial charge < -0.3 is 15.3 Å². The van der Waals surface area contributed by atoms with Gasteiger partial charge in [-0.15, -0.1) is 0 Å². The van der Waals surface area contributed by atoms with E-state index in [1.807, 2.05) is 6.92 Å². The fraction of sp³-hybridized carbons (Fsp3) is 0.263. The van der Waals surface area contributed by atoms with Gasteiger partial charge in [0.1, 0.15) is 6.54 Å². The van der Waals surface area contributed by atoms with Crippen molar-refractivity contribution in [3.05, 3.63) is 59.9 Å². The van der Waals surface area contributed by atoms with Crippen LogP contribution < -0.4 is 5.32 Å². The van der Waals surface area contributed by atoms with E-state index in [4.69, 9.17) is 5.11 Å². The molecule has 2 rings (SSSR count). The average molecular weight is 355 g/mol. The molecule has 2 amide bonds. The van der Waals surface area contributed by atoms with Crippen molar-refractivity contribution in [1.82, 2.24) is 9.88 Å². The van der Waals surface area contributed by atoms with E-state index in [1.54, 1.807) is 43.5 Å². The van der Waals surface area contributed by atoms with E-state index >= 15 is 0 Å². The van der Waals surface area contributed by atoms with Crippen LogP contribution in [0.25, 0.3) is 0 Å². The molecule has 1 aromatic carbocycles. The minimum absolute atomic E-state index is 0.216. The summed E-state index contributed by atoms with van der Waals surface area (Å²) in [5.74, 6) is -1.80. The highest BCUT2D eigenvalue weighted by Crippen LogP contribution is 2.16. The SMILES string of the molecule is CCC(C)N(CC(=O)O)C(=O)c1cccc(NC(=O)c2cccnc2)c1. The van der Waals surface area contributed by atoms with Gasteiger partial charge >= 0.3 is 5.97 Å². The van der Waals surface area contributed by atoms with E-state index in [9.17, 15) is 14.4 Å². The van der Waals surface area contributed by atoms with Crippen LogP contribution in [-0.4, -0.2) is 45.4 Å². The molecule has 7 nitrogen and oxygen atoms in total. The summed E-state index contributed by atoms with van der Waals surface area (Å²) < 4.78 is 0. The number of benzene rings is 1. The van der Waals surface area contributed by atoms with Gasteiger partial charge in [-0.05, 0) is 43.7 Å². The first-order valence-corrected chi connectivity index (χ1v) is 8.26. The number of carboxylic acid groups (broad SMARTS) is 1. The number of aliphatic carboxylic acids is 1. The lowest BCUT2D eigenvalue weighted by Crippen LogP contribution is -2.41. The molecule has 0 aliphatic carbocycles. The first kappa shape index (κ1) is 19.1. The number of carbonyl (C=O) groups is 3. The maximum Gasteiger partial charge on any atom is 0.323 e. The molecule has 0 saturated carbocycles. The summed E-state index contributed by atoms with van der Waals surface area (Å²) in [6, 6.07) is 9.51. The van der Waals surface area contributed by atoms with Crippen molar-refractivity contribution in [2.45, 2.75) is 26.3 Å². The second kappa shape index (κ2) is 8.75. The van der Waals surface area contributed by atoms with E-state index < -0.39 is 5.97 Å². The molecule has 26 heavy (non-hydrogen) atoms. The molecular weight excluding hydrogens is 334 g/mol. The van der Waals surface area contributed by atoms with Crippen molar-refractivity contribution >= 4 is 23.5 Å². The molecule has 2 aromatic rings. The summed E-state index contributed by atoms with van der Waals surface area (Å²) in [4.78, 5) is 41.2. The average Bonchev–Trinajstić information content (AvgIpc) is 2.65. The van der Waals surface area contributed by atoms with Crippen LogP contribution in [0.3, 0.4) is 0 Å². The van der Waals surface area contributed by atoms with Crippen molar-refractivity contribution in [2.75, 3.05) is 11.9 Å². The minimum Gasteiger partial charge on any atom is -0.480 e. The molecule has 0 radical (unpaired) electrons. The number of rotatable bonds is 7. The van der Waals surface area contributed by atoms with E-state index in [-0.39, 0.29) is 24.4 Å². The molecular formula is C19H21N3O4. The quantitative estimate of drug-likeness (QED) is 0.795. The maximum atomic E-state index is 12.7. The Labute approximate surface area is 151 Å². The van der Waals surface area contributed by atoms with Crippen LogP contribution in [0.1, 0.15) is 41.0 Å². The van der Waals surface area contributed by atoms with E-state index in [0.29, 0.717) is 23.2 Å². The first-order chi connectivity index (χ1) is 12.4. The predicted molar refractivity (Wildman–Crippen MR) is 97.1 cm³/mol. The summed E-state index contributed by atoms with van der Waals surface area (Å²) in [5.41, 5.74) is 1.16. The van der Waals surface area contributed by atoms with Crippen molar-refractivity contribution < 1.29 is 19.5 Å². The van der Waals surface area contributed by atoms with E-state index in [1.165, 1.54) is 17.2 Å². The van der Waals surface area contributed by atoms with E-state index in [0.717, 1.165) is 0 Å².